The molecule has 1 N–H and O–H groups in total. The van der Waals surface area contributed by atoms with Crippen molar-refractivity contribution in [1.29, 1.82) is 0 Å². The number of benzene rings is 1. The van der Waals surface area contributed by atoms with Crippen LogP contribution in [0.1, 0.15) is 30.0 Å². The van der Waals surface area contributed by atoms with E-state index >= 15 is 0 Å². The second-order valence-corrected chi connectivity index (χ2v) is 4.31. The minimum absolute atomic E-state index is 0.227. The van der Waals surface area contributed by atoms with E-state index in [1.54, 1.807) is 7.11 Å². The van der Waals surface area contributed by atoms with Crippen molar-refractivity contribution in [3.05, 3.63) is 47.3 Å². The number of hydrogen-bond acceptors (Lipinski definition) is 4. The summed E-state index contributed by atoms with van der Waals surface area (Å²) in [6.07, 6.45) is 0. The molecule has 0 radical (unpaired) electrons. The van der Waals surface area contributed by atoms with Crippen LogP contribution in [-0.4, -0.2) is 12.3 Å². The molecule has 4 nitrogen and oxygen atoms in total. The second kappa shape index (κ2) is 5.69. The molecule has 0 saturated carbocycles. The Kier molecular flexibility index (Phi) is 3.99. The zero-order valence-electron chi connectivity index (χ0n) is 10.9. The number of aromatic nitrogens is 1. The molecular weight excluding hydrogens is 228 g/mol. The number of ether oxygens (including phenoxy) is 1. The summed E-state index contributed by atoms with van der Waals surface area (Å²) in [5.74, 6) is 1.72. The first-order chi connectivity index (χ1) is 8.69. The van der Waals surface area contributed by atoms with Crippen LogP contribution in [0.5, 0.6) is 5.75 Å². The Morgan fingerprint density at radius 1 is 1.39 bits per heavy atom. The van der Waals surface area contributed by atoms with E-state index < -0.39 is 0 Å². The average molecular weight is 246 g/mol. The zero-order chi connectivity index (χ0) is 13.0. The average Bonchev–Trinajstić information content (AvgIpc) is 2.82. The van der Waals surface area contributed by atoms with Crippen molar-refractivity contribution in [2.24, 2.45) is 0 Å². The quantitative estimate of drug-likeness (QED) is 0.881. The van der Waals surface area contributed by atoms with Gasteiger partial charge < -0.3 is 14.6 Å². The van der Waals surface area contributed by atoms with E-state index in [2.05, 4.69) is 23.5 Å². The van der Waals surface area contributed by atoms with Crippen molar-refractivity contribution in [3.63, 3.8) is 0 Å². The molecule has 0 aliphatic carbocycles. The van der Waals surface area contributed by atoms with Crippen LogP contribution in [0, 0.1) is 6.92 Å². The molecular formula is C14H18N2O2. The highest BCUT2D eigenvalue weighted by Crippen LogP contribution is 2.19. The van der Waals surface area contributed by atoms with Gasteiger partial charge in [0.05, 0.1) is 19.3 Å². The number of rotatable bonds is 5. The van der Waals surface area contributed by atoms with Crippen LogP contribution in [0.3, 0.4) is 0 Å². The molecule has 0 aliphatic heterocycles. The van der Waals surface area contributed by atoms with Gasteiger partial charge in [-0.25, -0.2) is 0 Å². The fourth-order valence-corrected chi connectivity index (χ4v) is 1.78. The van der Waals surface area contributed by atoms with E-state index in [4.69, 9.17) is 9.26 Å². The van der Waals surface area contributed by atoms with Gasteiger partial charge in [0.2, 0.25) is 0 Å². The molecule has 0 saturated heterocycles. The Bertz CT molecular complexity index is 508. The van der Waals surface area contributed by atoms with Crippen LogP contribution in [0.25, 0.3) is 0 Å². The van der Waals surface area contributed by atoms with Crippen molar-refractivity contribution in [3.8, 4) is 5.75 Å². The third-order valence-corrected chi connectivity index (χ3v) is 2.85. The summed E-state index contributed by atoms with van der Waals surface area (Å²) < 4.78 is 10.4. The molecule has 1 unspecified atom stereocenters. The maximum atomic E-state index is 5.21. The van der Waals surface area contributed by atoms with Crippen LogP contribution in [0.15, 0.2) is 34.9 Å². The molecule has 0 spiro atoms. The Morgan fingerprint density at radius 3 is 2.89 bits per heavy atom. The molecule has 2 aromatic rings. The van der Waals surface area contributed by atoms with Gasteiger partial charge in [0.1, 0.15) is 5.75 Å². The van der Waals surface area contributed by atoms with Gasteiger partial charge in [-0.3, -0.25) is 0 Å². The second-order valence-electron chi connectivity index (χ2n) is 4.31. The van der Waals surface area contributed by atoms with E-state index in [9.17, 15) is 0 Å². The lowest BCUT2D eigenvalue weighted by Crippen LogP contribution is -2.17. The van der Waals surface area contributed by atoms with Gasteiger partial charge in [-0.15, -0.1) is 0 Å². The number of methoxy groups -OCH3 is 1. The molecule has 0 bridgehead atoms. The van der Waals surface area contributed by atoms with E-state index in [1.165, 1.54) is 5.56 Å². The Hall–Kier alpha value is -1.81. The highest BCUT2D eigenvalue weighted by atomic mass is 16.5. The first-order valence-electron chi connectivity index (χ1n) is 5.98. The molecule has 1 heterocycles. The summed E-state index contributed by atoms with van der Waals surface area (Å²) in [6, 6.07) is 10.2. The molecule has 1 aromatic heterocycles. The largest absolute Gasteiger partial charge is 0.497 e. The number of nitrogens with one attached hydrogen (secondary N) is 1. The summed E-state index contributed by atoms with van der Waals surface area (Å²) in [5.41, 5.74) is 2.09. The predicted octanol–water partition coefficient (Wildman–Crippen LogP) is 2.84. The predicted molar refractivity (Wildman–Crippen MR) is 69.5 cm³/mol. The third kappa shape index (κ3) is 3.11. The summed E-state index contributed by atoms with van der Waals surface area (Å²) in [4.78, 5) is 0. The van der Waals surface area contributed by atoms with Gasteiger partial charge in [-0.1, -0.05) is 17.3 Å². The zero-order valence-corrected chi connectivity index (χ0v) is 10.9. The highest BCUT2D eigenvalue weighted by molar-refractivity contribution is 5.30. The minimum Gasteiger partial charge on any atom is -0.497 e. The lowest BCUT2D eigenvalue weighted by Gasteiger charge is -2.13. The van der Waals surface area contributed by atoms with Crippen LogP contribution >= 0.6 is 0 Å². The molecule has 1 atom stereocenters. The molecule has 18 heavy (non-hydrogen) atoms. The number of nitrogens with zero attached hydrogens (tertiary/aromatic N) is 1. The standard InChI is InChI=1S/C14H18N2O2/c1-10-7-14(18-16-10)9-15-11(2)12-5-4-6-13(8-12)17-3/h4-8,11,15H,9H2,1-3H3. The Balaban J connectivity index is 1.96. The van der Waals surface area contributed by atoms with E-state index in [0.717, 1.165) is 17.2 Å². The molecule has 2 rings (SSSR count). The number of aryl methyl sites for hydroxylation is 1. The lowest BCUT2D eigenvalue weighted by molar-refractivity contribution is 0.363. The fourth-order valence-electron chi connectivity index (χ4n) is 1.78. The van der Waals surface area contributed by atoms with Gasteiger partial charge in [0.25, 0.3) is 0 Å². The molecule has 96 valence electrons. The SMILES string of the molecule is COc1cccc(C(C)NCc2cc(C)no2)c1. The van der Waals surface area contributed by atoms with Crippen molar-refractivity contribution >= 4 is 0 Å². The smallest absolute Gasteiger partial charge is 0.150 e. The van der Waals surface area contributed by atoms with Crippen molar-refractivity contribution in [2.75, 3.05) is 7.11 Å². The number of hydrogen-bond donors (Lipinski definition) is 1. The minimum atomic E-state index is 0.227. The van der Waals surface area contributed by atoms with Crippen molar-refractivity contribution in [1.82, 2.24) is 10.5 Å². The summed E-state index contributed by atoms with van der Waals surface area (Å²) in [7, 11) is 1.68. The monoisotopic (exact) mass is 246 g/mol. The Labute approximate surface area is 107 Å². The molecule has 0 aliphatic rings. The Morgan fingerprint density at radius 2 is 2.22 bits per heavy atom. The molecule has 1 aromatic carbocycles. The van der Waals surface area contributed by atoms with Crippen LogP contribution in [-0.2, 0) is 6.54 Å². The van der Waals surface area contributed by atoms with E-state index in [0.29, 0.717) is 6.54 Å². The topological polar surface area (TPSA) is 47.3 Å². The van der Waals surface area contributed by atoms with Crippen LogP contribution in [0.4, 0.5) is 0 Å². The van der Waals surface area contributed by atoms with Crippen molar-refractivity contribution < 1.29 is 9.26 Å². The van der Waals surface area contributed by atoms with Gasteiger partial charge in [0.15, 0.2) is 5.76 Å². The first-order valence-corrected chi connectivity index (χ1v) is 5.98. The van der Waals surface area contributed by atoms with Gasteiger partial charge in [-0.05, 0) is 31.5 Å². The molecule has 0 amide bonds. The first kappa shape index (κ1) is 12.6. The van der Waals surface area contributed by atoms with Gasteiger partial charge >= 0.3 is 0 Å². The lowest BCUT2D eigenvalue weighted by atomic mass is 10.1. The normalized spacial score (nSPS) is 12.4. The van der Waals surface area contributed by atoms with Gasteiger partial charge in [-0.2, -0.15) is 0 Å². The fraction of sp³-hybridized carbons (Fsp3) is 0.357. The third-order valence-electron chi connectivity index (χ3n) is 2.85. The maximum absolute atomic E-state index is 5.21. The highest BCUT2D eigenvalue weighted by Gasteiger charge is 2.07. The van der Waals surface area contributed by atoms with Crippen molar-refractivity contribution in [2.45, 2.75) is 26.4 Å². The maximum Gasteiger partial charge on any atom is 0.150 e. The molecule has 4 heteroatoms. The van der Waals surface area contributed by atoms with Gasteiger partial charge in [0, 0.05) is 12.1 Å². The van der Waals surface area contributed by atoms with E-state index in [-0.39, 0.29) is 6.04 Å². The van der Waals surface area contributed by atoms with Crippen LogP contribution < -0.4 is 10.1 Å². The van der Waals surface area contributed by atoms with E-state index in [1.807, 2.05) is 31.2 Å². The molecule has 0 fully saturated rings. The summed E-state index contributed by atoms with van der Waals surface area (Å²) >= 11 is 0. The summed E-state index contributed by atoms with van der Waals surface area (Å²) in [6.45, 7) is 4.69. The van der Waals surface area contributed by atoms with Crippen LogP contribution in [0.2, 0.25) is 0 Å². The summed E-state index contributed by atoms with van der Waals surface area (Å²) in [5, 5.41) is 7.25.